The van der Waals surface area contributed by atoms with Crippen molar-refractivity contribution in [3.8, 4) is 5.75 Å². The minimum absolute atomic E-state index is 0.0570. The summed E-state index contributed by atoms with van der Waals surface area (Å²) in [6, 6.07) is 10.3. The van der Waals surface area contributed by atoms with Crippen LogP contribution in [0.3, 0.4) is 0 Å². The van der Waals surface area contributed by atoms with Crippen LogP contribution in [-0.4, -0.2) is 30.2 Å². The van der Waals surface area contributed by atoms with Crippen LogP contribution in [0.1, 0.15) is 43.2 Å². The maximum Gasteiger partial charge on any atom is 0.316 e. The summed E-state index contributed by atoms with van der Waals surface area (Å²) in [5.41, 5.74) is 2.69. The number of amides is 3. The molecule has 0 radical (unpaired) electrons. The Kier molecular flexibility index (Phi) is 6.13. The number of carbonyl (C=O) groups is 4. The number of halogens is 1. The van der Waals surface area contributed by atoms with Crippen LogP contribution in [0.25, 0.3) is 0 Å². The lowest BCUT2D eigenvalue weighted by molar-refractivity contribution is -0.139. The fourth-order valence-electron chi connectivity index (χ4n) is 5.53. The molecule has 3 amide bonds. The van der Waals surface area contributed by atoms with Gasteiger partial charge < -0.3 is 9.64 Å². The third-order valence-electron chi connectivity index (χ3n) is 7.46. The number of ether oxygens (including phenoxy) is 1. The molecule has 3 atom stereocenters. The van der Waals surface area contributed by atoms with E-state index in [1.807, 2.05) is 13.0 Å². The number of aryl methyl sites for hydroxylation is 1. The van der Waals surface area contributed by atoms with Crippen LogP contribution in [0.2, 0.25) is 5.02 Å². The third-order valence-corrected chi connectivity index (χ3v) is 7.87. The van der Waals surface area contributed by atoms with E-state index in [2.05, 4.69) is 0 Å². The zero-order chi connectivity index (χ0) is 24.9. The van der Waals surface area contributed by atoms with E-state index in [4.69, 9.17) is 16.3 Å². The summed E-state index contributed by atoms with van der Waals surface area (Å²) in [4.78, 5) is 54.3. The van der Waals surface area contributed by atoms with Crippen LogP contribution in [0.15, 0.2) is 36.4 Å². The summed E-state index contributed by atoms with van der Waals surface area (Å²) in [5, 5.41) is 0.561. The lowest BCUT2D eigenvalue weighted by Crippen LogP contribution is -2.31. The molecule has 8 heteroatoms. The Hall–Kier alpha value is -3.19. The van der Waals surface area contributed by atoms with Gasteiger partial charge in [-0.25, -0.2) is 4.90 Å². The molecule has 0 aromatic heterocycles. The van der Waals surface area contributed by atoms with Gasteiger partial charge in [-0.3, -0.25) is 19.2 Å². The van der Waals surface area contributed by atoms with Gasteiger partial charge in [0.05, 0.1) is 23.4 Å². The van der Waals surface area contributed by atoms with Gasteiger partial charge in [0, 0.05) is 23.7 Å². The van der Waals surface area contributed by atoms with Gasteiger partial charge in [-0.05, 0) is 68.1 Å². The van der Waals surface area contributed by atoms with Crippen LogP contribution in [-0.2, 0) is 19.2 Å². The van der Waals surface area contributed by atoms with Crippen LogP contribution < -0.4 is 14.5 Å². The van der Waals surface area contributed by atoms with Crippen molar-refractivity contribution in [1.29, 1.82) is 0 Å². The van der Waals surface area contributed by atoms with Crippen LogP contribution >= 0.6 is 11.6 Å². The predicted octanol–water partition coefficient (Wildman–Crippen LogP) is 4.59. The van der Waals surface area contributed by atoms with Crippen molar-refractivity contribution in [2.75, 3.05) is 16.3 Å². The molecule has 1 aliphatic carbocycles. The van der Waals surface area contributed by atoms with E-state index in [1.165, 1.54) is 4.90 Å². The van der Waals surface area contributed by atoms with Gasteiger partial charge in [0.2, 0.25) is 17.7 Å². The van der Waals surface area contributed by atoms with Crippen molar-refractivity contribution in [1.82, 2.24) is 0 Å². The monoisotopic (exact) mass is 494 g/mol. The Balaban J connectivity index is 1.29. The number of anilines is 2. The molecule has 0 unspecified atom stereocenters. The summed E-state index contributed by atoms with van der Waals surface area (Å²) in [6.07, 6.45) is 3.51. The lowest BCUT2D eigenvalue weighted by atomic mass is 9.81. The standard InChI is InChI=1S/C27H27ClN2O5/c1-15-12-18(10-11-22(15)30-25(32)19-6-3-4-7-20(19)26(30)33)35-27(34)17-13-24(31)29(14-17)23-9-5-8-21(28)16(23)2/h5,8-12,17,19-20H,3-4,6-7,13-14H2,1-2H3/t17-,19-,20-/m1/s1. The number of hydrogen-bond donors (Lipinski definition) is 0. The van der Waals surface area contributed by atoms with E-state index in [1.54, 1.807) is 42.2 Å². The summed E-state index contributed by atoms with van der Waals surface area (Å²) in [6.45, 7) is 3.85. The third kappa shape index (κ3) is 4.12. The van der Waals surface area contributed by atoms with E-state index in [0.29, 0.717) is 27.7 Å². The maximum absolute atomic E-state index is 12.9. The zero-order valence-corrected chi connectivity index (χ0v) is 20.5. The van der Waals surface area contributed by atoms with E-state index >= 15 is 0 Å². The Morgan fingerprint density at radius 3 is 2.31 bits per heavy atom. The SMILES string of the molecule is Cc1cc(OC(=O)[C@@H]2CC(=O)N(c3cccc(Cl)c3C)C2)ccc1N1C(=O)[C@@H]2CCCC[C@H]2C1=O. The Morgan fingerprint density at radius 2 is 1.66 bits per heavy atom. The number of hydrogen-bond acceptors (Lipinski definition) is 5. The summed E-state index contributed by atoms with van der Waals surface area (Å²) < 4.78 is 5.60. The van der Waals surface area contributed by atoms with Gasteiger partial charge in [-0.1, -0.05) is 30.5 Å². The average Bonchev–Trinajstić information content (AvgIpc) is 3.34. The summed E-state index contributed by atoms with van der Waals surface area (Å²) in [7, 11) is 0. The predicted molar refractivity (Wildman–Crippen MR) is 131 cm³/mol. The fourth-order valence-corrected chi connectivity index (χ4v) is 5.70. The molecule has 2 aromatic rings. The van der Waals surface area contributed by atoms with E-state index in [-0.39, 0.29) is 42.5 Å². The second-order valence-electron chi connectivity index (χ2n) is 9.67. The molecule has 2 heterocycles. The molecule has 0 spiro atoms. The van der Waals surface area contributed by atoms with Gasteiger partial charge in [0.1, 0.15) is 5.75 Å². The molecular formula is C27H27ClN2O5. The summed E-state index contributed by atoms with van der Waals surface area (Å²) in [5.74, 6) is -1.65. The lowest BCUT2D eigenvalue weighted by Gasteiger charge is -2.20. The Bertz CT molecular complexity index is 1220. The quantitative estimate of drug-likeness (QED) is 0.352. The van der Waals surface area contributed by atoms with Gasteiger partial charge in [-0.2, -0.15) is 0 Å². The van der Waals surface area contributed by atoms with Crippen LogP contribution in [0, 0.1) is 31.6 Å². The largest absolute Gasteiger partial charge is 0.426 e. The molecule has 2 saturated heterocycles. The van der Waals surface area contributed by atoms with Gasteiger partial charge >= 0.3 is 5.97 Å². The Labute approximate surface area is 209 Å². The first-order valence-electron chi connectivity index (χ1n) is 12.0. The number of esters is 1. The molecule has 3 aliphatic rings. The fraction of sp³-hybridized carbons (Fsp3) is 0.407. The van der Waals surface area contributed by atoms with E-state index in [9.17, 15) is 19.2 Å². The average molecular weight is 495 g/mol. The smallest absolute Gasteiger partial charge is 0.316 e. The highest BCUT2D eigenvalue weighted by Gasteiger charge is 2.49. The molecular weight excluding hydrogens is 468 g/mol. The van der Waals surface area contributed by atoms with E-state index in [0.717, 1.165) is 31.2 Å². The highest BCUT2D eigenvalue weighted by atomic mass is 35.5. The molecule has 1 saturated carbocycles. The Morgan fingerprint density at radius 1 is 0.971 bits per heavy atom. The second-order valence-corrected chi connectivity index (χ2v) is 10.1. The first kappa shape index (κ1) is 23.5. The minimum Gasteiger partial charge on any atom is -0.426 e. The molecule has 2 aromatic carbocycles. The summed E-state index contributed by atoms with van der Waals surface area (Å²) >= 11 is 6.20. The van der Waals surface area contributed by atoms with Crippen molar-refractivity contribution in [3.05, 3.63) is 52.5 Å². The van der Waals surface area contributed by atoms with Gasteiger partial charge in [-0.15, -0.1) is 0 Å². The molecule has 5 rings (SSSR count). The number of rotatable bonds is 4. The van der Waals surface area contributed by atoms with Crippen molar-refractivity contribution < 1.29 is 23.9 Å². The topological polar surface area (TPSA) is 84.0 Å². The number of carbonyl (C=O) groups excluding carboxylic acids is 4. The molecule has 0 N–H and O–H groups in total. The van der Waals surface area contributed by atoms with E-state index < -0.39 is 11.9 Å². The first-order chi connectivity index (χ1) is 16.8. The molecule has 0 bridgehead atoms. The van der Waals surface area contributed by atoms with Crippen molar-refractivity contribution in [3.63, 3.8) is 0 Å². The highest BCUT2D eigenvalue weighted by molar-refractivity contribution is 6.31. The molecule has 3 fully saturated rings. The maximum atomic E-state index is 12.9. The van der Waals surface area contributed by atoms with Crippen LogP contribution in [0.4, 0.5) is 11.4 Å². The number of benzene rings is 2. The van der Waals surface area contributed by atoms with Gasteiger partial charge in [0.15, 0.2) is 0 Å². The molecule has 2 aliphatic heterocycles. The van der Waals surface area contributed by atoms with Crippen molar-refractivity contribution in [2.45, 2.75) is 46.0 Å². The normalized spacial score (nSPS) is 24.2. The highest BCUT2D eigenvalue weighted by Crippen LogP contribution is 2.41. The zero-order valence-electron chi connectivity index (χ0n) is 19.8. The van der Waals surface area contributed by atoms with Gasteiger partial charge in [0.25, 0.3) is 0 Å². The number of fused-ring (bicyclic) bond motifs is 1. The van der Waals surface area contributed by atoms with Crippen molar-refractivity contribution >= 4 is 46.7 Å². The van der Waals surface area contributed by atoms with Crippen LogP contribution in [0.5, 0.6) is 5.75 Å². The molecule has 35 heavy (non-hydrogen) atoms. The second kappa shape index (κ2) is 9.11. The minimum atomic E-state index is -0.606. The number of imide groups is 1. The van der Waals surface area contributed by atoms with Crippen molar-refractivity contribution in [2.24, 2.45) is 17.8 Å². The number of nitrogens with zero attached hydrogens (tertiary/aromatic N) is 2. The molecule has 182 valence electrons. The first-order valence-corrected chi connectivity index (χ1v) is 12.4. The molecule has 7 nitrogen and oxygen atoms in total.